The minimum atomic E-state index is 0.0903. The molecule has 3 nitrogen and oxygen atoms in total. The molecule has 0 aliphatic carbocycles. The topological polar surface area (TPSA) is 29.1 Å². The molecule has 0 aromatic heterocycles. The third-order valence-corrected chi connectivity index (χ3v) is 3.51. The third-order valence-electron chi connectivity index (χ3n) is 3.51. The van der Waals surface area contributed by atoms with Gasteiger partial charge in [-0.15, -0.1) is 0 Å². The van der Waals surface area contributed by atoms with Crippen LogP contribution in [0.2, 0.25) is 0 Å². The SMILES string of the molecule is O=C1N[N+]2(CCCCC2)c2ccccc21. The Morgan fingerprint density at radius 3 is 2.60 bits per heavy atom. The van der Waals surface area contributed by atoms with E-state index in [1.807, 2.05) is 18.2 Å². The van der Waals surface area contributed by atoms with E-state index in [0.717, 1.165) is 18.7 Å². The average Bonchev–Trinajstić information content (AvgIpc) is 2.55. The Kier molecular flexibility index (Phi) is 1.83. The Balaban J connectivity index is 2.10. The smallest absolute Gasteiger partial charge is 0.264 e. The van der Waals surface area contributed by atoms with Gasteiger partial charge in [-0.05, 0) is 25.3 Å². The van der Waals surface area contributed by atoms with Gasteiger partial charge in [-0.3, -0.25) is 4.79 Å². The Morgan fingerprint density at radius 1 is 1.07 bits per heavy atom. The Hall–Kier alpha value is -1.35. The van der Waals surface area contributed by atoms with Gasteiger partial charge in [-0.2, -0.15) is 10.0 Å². The minimum absolute atomic E-state index is 0.0903. The molecule has 0 bridgehead atoms. The van der Waals surface area contributed by atoms with Crippen molar-refractivity contribution in [3.05, 3.63) is 29.8 Å². The van der Waals surface area contributed by atoms with Gasteiger partial charge in [0.05, 0.1) is 0 Å². The summed E-state index contributed by atoms with van der Waals surface area (Å²) >= 11 is 0. The number of hydrogen-bond acceptors (Lipinski definition) is 1. The summed E-state index contributed by atoms with van der Waals surface area (Å²) in [5.41, 5.74) is 5.16. The van der Waals surface area contributed by atoms with Gasteiger partial charge in [0.1, 0.15) is 18.7 Å². The predicted octanol–water partition coefficient (Wildman–Crippen LogP) is 1.84. The van der Waals surface area contributed by atoms with Crippen LogP contribution in [-0.2, 0) is 0 Å². The van der Waals surface area contributed by atoms with E-state index < -0.39 is 0 Å². The van der Waals surface area contributed by atoms with Crippen LogP contribution in [0.15, 0.2) is 24.3 Å². The Bertz CT molecular complexity index is 408. The van der Waals surface area contributed by atoms with Crippen LogP contribution in [0.25, 0.3) is 0 Å². The molecule has 1 aromatic rings. The summed E-state index contributed by atoms with van der Waals surface area (Å²) in [4.78, 5) is 11.8. The highest BCUT2D eigenvalue weighted by Crippen LogP contribution is 2.34. The molecule has 2 aliphatic heterocycles. The van der Waals surface area contributed by atoms with Crippen molar-refractivity contribution in [3.8, 4) is 0 Å². The molecule has 15 heavy (non-hydrogen) atoms. The van der Waals surface area contributed by atoms with Crippen LogP contribution in [0.3, 0.4) is 0 Å². The van der Waals surface area contributed by atoms with Crippen LogP contribution in [0.4, 0.5) is 5.69 Å². The van der Waals surface area contributed by atoms with Gasteiger partial charge in [0.25, 0.3) is 0 Å². The first-order chi connectivity index (χ1) is 7.32. The summed E-state index contributed by atoms with van der Waals surface area (Å²) in [6, 6.07) is 7.96. The molecule has 78 valence electrons. The molecule has 0 unspecified atom stereocenters. The zero-order valence-electron chi connectivity index (χ0n) is 8.70. The van der Waals surface area contributed by atoms with Crippen molar-refractivity contribution in [1.82, 2.24) is 10.0 Å². The molecular weight excluding hydrogens is 188 g/mol. The predicted molar refractivity (Wildman–Crippen MR) is 59.3 cm³/mol. The van der Waals surface area contributed by atoms with Gasteiger partial charge < -0.3 is 0 Å². The number of fused-ring (bicyclic) bond motifs is 2. The van der Waals surface area contributed by atoms with E-state index in [2.05, 4.69) is 11.5 Å². The molecule has 1 N–H and O–H groups in total. The highest BCUT2D eigenvalue weighted by Gasteiger charge is 2.43. The zero-order valence-corrected chi connectivity index (χ0v) is 8.70. The summed E-state index contributed by atoms with van der Waals surface area (Å²) in [7, 11) is 0. The molecule has 0 saturated carbocycles. The van der Waals surface area contributed by atoms with Gasteiger partial charge >= 0.3 is 5.91 Å². The molecule has 2 heterocycles. The number of carbonyl (C=O) groups excluding carboxylic acids is 1. The first kappa shape index (κ1) is 8.92. The maximum absolute atomic E-state index is 11.8. The van der Waals surface area contributed by atoms with E-state index in [1.54, 1.807) is 0 Å². The van der Waals surface area contributed by atoms with Gasteiger partial charge in [0.15, 0.2) is 5.69 Å². The Morgan fingerprint density at radius 2 is 1.80 bits per heavy atom. The maximum Gasteiger partial charge on any atom is 0.302 e. The van der Waals surface area contributed by atoms with Crippen molar-refractivity contribution >= 4 is 11.6 Å². The molecule has 1 amide bonds. The molecule has 3 rings (SSSR count). The summed E-state index contributed by atoms with van der Waals surface area (Å²) in [6.07, 6.45) is 3.70. The van der Waals surface area contributed by atoms with Crippen molar-refractivity contribution < 1.29 is 4.79 Å². The molecule has 1 saturated heterocycles. The summed E-state index contributed by atoms with van der Waals surface area (Å²) in [6.45, 7) is 2.09. The zero-order chi connectivity index (χ0) is 10.3. The number of benzene rings is 1. The molecule has 0 atom stereocenters. The quantitative estimate of drug-likeness (QED) is 0.640. The average molecular weight is 203 g/mol. The van der Waals surface area contributed by atoms with Gasteiger partial charge in [-0.25, -0.2) is 0 Å². The molecule has 0 radical (unpaired) electrons. The van der Waals surface area contributed by atoms with Crippen LogP contribution in [-0.4, -0.2) is 19.0 Å². The van der Waals surface area contributed by atoms with Crippen molar-refractivity contribution in [2.45, 2.75) is 19.3 Å². The molecular formula is C12H15N2O+. The van der Waals surface area contributed by atoms with Crippen LogP contribution in [0, 0.1) is 0 Å². The third kappa shape index (κ3) is 1.20. The highest BCUT2D eigenvalue weighted by molar-refractivity contribution is 6.03. The largest absolute Gasteiger partial charge is 0.302 e. The van der Waals surface area contributed by atoms with E-state index in [-0.39, 0.29) is 5.91 Å². The number of rotatable bonds is 0. The van der Waals surface area contributed by atoms with E-state index in [1.165, 1.54) is 24.9 Å². The normalized spacial score (nSPS) is 22.5. The van der Waals surface area contributed by atoms with Gasteiger partial charge in [-0.1, -0.05) is 12.1 Å². The summed E-state index contributed by atoms with van der Waals surface area (Å²) in [5.74, 6) is 0.0903. The number of para-hydroxylation sites is 1. The second-order valence-electron chi connectivity index (χ2n) is 4.43. The van der Waals surface area contributed by atoms with Gasteiger partial charge in [0.2, 0.25) is 0 Å². The first-order valence-corrected chi connectivity index (χ1v) is 5.61. The number of nitrogens with zero attached hydrogens (tertiary/aromatic N) is 1. The minimum Gasteiger partial charge on any atom is -0.264 e. The highest BCUT2D eigenvalue weighted by atomic mass is 16.2. The molecule has 2 aliphatic rings. The van der Waals surface area contributed by atoms with Crippen LogP contribution in [0.1, 0.15) is 29.6 Å². The standard InChI is InChI=1S/C12H14N2O/c15-12-10-6-2-3-7-11(10)14(13-12)8-4-1-5-9-14/h2-3,6-7H,1,4-5,8-9H2/p+1. The number of carbonyl (C=O) groups is 1. The Labute approximate surface area is 89.3 Å². The fraction of sp³-hybridized carbons (Fsp3) is 0.417. The summed E-state index contributed by atoms with van der Waals surface area (Å²) in [5, 5.41) is 0. The number of hydrogen-bond donors (Lipinski definition) is 1. The molecule has 1 fully saturated rings. The second-order valence-corrected chi connectivity index (χ2v) is 4.43. The summed E-state index contributed by atoms with van der Waals surface area (Å²) < 4.78 is 0.689. The lowest BCUT2D eigenvalue weighted by atomic mass is 10.1. The number of quaternary nitrogens is 1. The van der Waals surface area contributed by atoms with E-state index in [4.69, 9.17) is 0 Å². The van der Waals surface area contributed by atoms with Crippen LogP contribution < -0.4 is 10.0 Å². The lowest BCUT2D eigenvalue weighted by Gasteiger charge is -2.35. The number of amides is 1. The van der Waals surface area contributed by atoms with E-state index in [0.29, 0.717) is 4.59 Å². The van der Waals surface area contributed by atoms with Crippen molar-refractivity contribution in [2.24, 2.45) is 0 Å². The molecule has 1 spiro atoms. The number of nitrogens with one attached hydrogen (secondary N) is 1. The van der Waals surface area contributed by atoms with Crippen LogP contribution >= 0.6 is 0 Å². The first-order valence-electron chi connectivity index (χ1n) is 5.61. The van der Waals surface area contributed by atoms with E-state index >= 15 is 0 Å². The monoisotopic (exact) mass is 203 g/mol. The number of piperidine rings is 1. The van der Waals surface area contributed by atoms with Crippen molar-refractivity contribution in [1.29, 1.82) is 0 Å². The molecule has 3 heteroatoms. The fourth-order valence-corrected chi connectivity index (χ4v) is 2.76. The fourth-order valence-electron chi connectivity index (χ4n) is 2.76. The van der Waals surface area contributed by atoms with Crippen LogP contribution in [0.5, 0.6) is 0 Å². The molecule has 1 aromatic carbocycles. The van der Waals surface area contributed by atoms with Crippen molar-refractivity contribution in [2.75, 3.05) is 13.1 Å². The van der Waals surface area contributed by atoms with E-state index in [9.17, 15) is 4.79 Å². The lowest BCUT2D eigenvalue weighted by Crippen LogP contribution is -2.60. The second kappa shape index (κ2) is 3.07. The lowest BCUT2D eigenvalue weighted by molar-refractivity contribution is 0.0827. The van der Waals surface area contributed by atoms with Crippen molar-refractivity contribution in [3.63, 3.8) is 0 Å². The van der Waals surface area contributed by atoms with Gasteiger partial charge in [0, 0.05) is 6.07 Å². The maximum atomic E-state index is 11.8.